The summed E-state index contributed by atoms with van der Waals surface area (Å²) in [6.45, 7) is 8.40. The molecular formula is C15H30N2O. The van der Waals surface area contributed by atoms with Crippen LogP contribution in [0.5, 0.6) is 0 Å². The van der Waals surface area contributed by atoms with Gasteiger partial charge >= 0.3 is 0 Å². The fourth-order valence-electron chi connectivity index (χ4n) is 2.55. The van der Waals surface area contributed by atoms with Crippen LogP contribution in [0.25, 0.3) is 0 Å². The van der Waals surface area contributed by atoms with E-state index in [9.17, 15) is 4.79 Å². The van der Waals surface area contributed by atoms with E-state index in [1.165, 1.54) is 25.7 Å². The smallest absolute Gasteiger partial charge is 0.226 e. The van der Waals surface area contributed by atoms with Gasteiger partial charge in [0, 0.05) is 11.5 Å². The van der Waals surface area contributed by atoms with Crippen molar-refractivity contribution in [1.82, 2.24) is 10.6 Å². The fraction of sp³-hybridized carbons (Fsp3) is 0.933. The molecule has 3 heteroatoms. The Morgan fingerprint density at radius 3 is 2.56 bits per heavy atom. The molecule has 2 N–H and O–H groups in total. The van der Waals surface area contributed by atoms with Gasteiger partial charge < -0.3 is 10.6 Å². The van der Waals surface area contributed by atoms with E-state index in [1.807, 2.05) is 0 Å². The third kappa shape index (κ3) is 4.97. The summed E-state index contributed by atoms with van der Waals surface area (Å²) in [4.78, 5) is 12.3. The first-order valence-electron chi connectivity index (χ1n) is 7.60. The lowest BCUT2D eigenvalue weighted by molar-refractivity contribution is -0.132. The van der Waals surface area contributed by atoms with Gasteiger partial charge in [0.1, 0.15) is 0 Å². The second kappa shape index (κ2) is 7.78. The largest absolute Gasteiger partial charge is 0.353 e. The average Bonchev–Trinajstić information content (AvgIpc) is 2.35. The highest BCUT2D eigenvalue weighted by molar-refractivity contribution is 5.82. The first-order valence-corrected chi connectivity index (χ1v) is 7.60. The van der Waals surface area contributed by atoms with Crippen LogP contribution in [-0.4, -0.2) is 25.0 Å². The van der Waals surface area contributed by atoms with Crippen LogP contribution in [0.2, 0.25) is 0 Å². The predicted octanol–water partition coefficient (Wildman–Crippen LogP) is 2.85. The maximum absolute atomic E-state index is 12.3. The molecule has 0 radical (unpaired) electrons. The number of nitrogens with one attached hydrogen (secondary N) is 2. The van der Waals surface area contributed by atoms with E-state index in [0.717, 1.165) is 32.4 Å². The number of amides is 1. The quantitative estimate of drug-likeness (QED) is 0.686. The van der Waals surface area contributed by atoms with Crippen LogP contribution in [0.3, 0.4) is 0 Å². The van der Waals surface area contributed by atoms with E-state index < -0.39 is 0 Å². The van der Waals surface area contributed by atoms with Gasteiger partial charge in [-0.1, -0.05) is 39.5 Å². The predicted molar refractivity (Wildman–Crippen MR) is 76.6 cm³/mol. The minimum Gasteiger partial charge on any atom is -0.353 e. The highest BCUT2D eigenvalue weighted by atomic mass is 16.2. The lowest BCUT2D eigenvalue weighted by Crippen LogP contribution is -2.48. The van der Waals surface area contributed by atoms with E-state index in [-0.39, 0.29) is 11.3 Å². The molecule has 1 unspecified atom stereocenters. The summed E-state index contributed by atoms with van der Waals surface area (Å²) in [7, 11) is 0. The molecule has 1 atom stereocenters. The van der Waals surface area contributed by atoms with Crippen LogP contribution in [0, 0.1) is 5.41 Å². The molecule has 0 aromatic heterocycles. The van der Waals surface area contributed by atoms with Gasteiger partial charge in [-0.15, -0.1) is 0 Å². The molecule has 1 amide bonds. The molecule has 0 aliphatic carbocycles. The Labute approximate surface area is 112 Å². The number of carbonyl (C=O) groups excluding carboxylic acids is 1. The zero-order chi connectivity index (χ0) is 13.4. The van der Waals surface area contributed by atoms with Crippen LogP contribution in [0.4, 0.5) is 0 Å². The molecule has 0 aromatic rings. The van der Waals surface area contributed by atoms with Gasteiger partial charge in [0.05, 0.1) is 0 Å². The molecule has 0 spiro atoms. The van der Waals surface area contributed by atoms with E-state index in [1.54, 1.807) is 0 Å². The molecule has 1 fully saturated rings. The van der Waals surface area contributed by atoms with Crippen molar-refractivity contribution in [1.29, 1.82) is 0 Å². The van der Waals surface area contributed by atoms with E-state index >= 15 is 0 Å². The molecule has 1 rings (SSSR count). The normalized spacial score (nSPS) is 20.4. The summed E-state index contributed by atoms with van der Waals surface area (Å²) in [5.41, 5.74) is -0.150. The van der Waals surface area contributed by atoms with Crippen LogP contribution < -0.4 is 10.6 Å². The SMILES string of the molecule is CCCCCCC(C)NC(=O)C1(C)CCNCC1. The summed E-state index contributed by atoms with van der Waals surface area (Å²) in [5, 5.41) is 6.52. The standard InChI is InChI=1S/C15H30N2O/c1-4-5-6-7-8-13(2)17-14(18)15(3)9-11-16-12-10-15/h13,16H,4-12H2,1-3H3,(H,17,18). The van der Waals surface area contributed by atoms with Gasteiger partial charge in [-0.2, -0.15) is 0 Å². The van der Waals surface area contributed by atoms with Crippen molar-refractivity contribution in [3.63, 3.8) is 0 Å². The zero-order valence-corrected chi connectivity index (χ0v) is 12.3. The van der Waals surface area contributed by atoms with Crippen molar-refractivity contribution < 1.29 is 4.79 Å². The zero-order valence-electron chi connectivity index (χ0n) is 12.3. The molecule has 0 aromatic carbocycles. The average molecular weight is 254 g/mol. The minimum atomic E-state index is -0.150. The lowest BCUT2D eigenvalue weighted by Gasteiger charge is -2.33. The Morgan fingerprint density at radius 1 is 1.28 bits per heavy atom. The minimum absolute atomic E-state index is 0.150. The number of carbonyl (C=O) groups is 1. The van der Waals surface area contributed by atoms with Crippen molar-refractivity contribution in [3.05, 3.63) is 0 Å². The van der Waals surface area contributed by atoms with Crippen LogP contribution in [0.1, 0.15) is 65.7 Å². The van der Waals surface area contributed by atoms with Gasteiger partial charge in [-0.3, -0.25) is 4.79 Å². The van der Waals surface area contributed by atoms with Crippen molar-refractivity contribution >= 4 is 5.91 Å². The number of unbranched alkanes of at least 4 members (excludes halogenated alkanes) is 3. The third-order valence-corrected chi connectivity index (χ3v) is 4.12. The topological polar surface area (TPSA) is 41.1 Å². The molecule has 3 nitrogen and oxygen atoms in total. The Bertz CT molecular complexity index is 247. The van der Waals surface area contributed by atoms with Gasteiger partial charge in [-0.05, 0) is 39.3 Å². The summed E-state index contributed by atoms with van der Waals surface area (Å²) < 4.78 is 0. The maximum Gasteiger partial charge on any atom is 0.226 e. The van der Waals surface area contributed by atoms with Crippen molar-refractivity contribution in [2.75, 3.05) is 13.1 Å². The molecule has 1 aliphatic rings. The number of piperidine rings is 1. The molecule has 18 heavy (non-hydrogen) atoms. The molecule has 1 aliphatic heterocycles. The number of hydrogen-bond donors (Lipinski definition) is 2. The summed E-state index contributed by atoms with van der Waals surface area (Å²) in [6.07, 6.45) is 8.13. The number of rotatable bonds is 7. The maximum atomic E-state index is 12.3. The first-order chi connectivity index (χ1) is 8.58. The molecule has 1 heterocycles. The highest BCUT2D eigenvalue weighted by Gasteiger charge is 2.34. The van der Waals surface area contributed by atoms with Crippen molar-refractivity contribution in [2.45, 2.75) is 71.8 Å². The van der Waals surface area contributed by atoms with Crippen LogP contribution >= 0.6 is 0 Å². The van der Waals surface area contributed by atoms with Gasteiger partial charge in [0.15, 0.2) is 0 Å². The van der Waals surface area contributed by atoms with E-state index in [4.69, 9.17) is 0 Å². The van der Waals surface area contributed by atoms with Gasteiger partial charge in [0.25, 0.3) is 0 Å². The second-order valence-corrected chi connectivity index (χ2v) is 6.03. The van der Waals surface area contributed by atoms with Crippen LogP contribution in [0.15, 0.2) is 0 Å². The van der Waals surface area contributed by atoms with Gasteiger partial charge in [-0.25, -0.2) is 0 Å². The first kappa shape index (κ1) is 15.5. The van der Waals surface area contributed by atoms with Gasteiger partial charge in [0.2, 0.25) is 5.91 Å². The molecule has 0 saturated carbocycles. The summed E-state index contributed by atoms with van der Waals surface area (Å²) >= 11 is 0. The third-order valence-electron chi connectivity index (χ3n) is 4.12. The Balaban J connectivity index is 2.25. The fourth-order valence-corrected chi connectivity index (χ4v) is 2.55. The number of hydrogen-bond acceptors (Lipinski definition) is 2. The van der Waals surface area contributed by atoms with Crippen LogP contribution in [-0.2, 0) is 4.79 Å². The van der Waals surface area contributed by atoms with E-state index in [0.29, 0.717) is 6.04 Å². The lowest BCUT2D eigenvalue weighted by atomic mass is 9.80. The molecule has 106 valence electrons. The molecule has 0 bridgehead atoms. The Morgan fingerprint density at radius 2 is 1.94 bits per heavy atom. The Kier molecular flexibility index (Phi) is 6.69. The highest BCUT2D eigenvalue weighted by Crippen LogP contribution is 2.28. The second-order valence-electron chi connectivity index (χ2n) is 6.03. The summed E-state index contributed by atoms with van der Waals surface area (Å²) in [6, 6.07) is 0.320. The monoisotopic (exact) mass is 254 g/mol. The molecule has 1 saturated heterocycles. The van der Waals surface area contributed by atoms with Crippen molar-refractivity contribution in [3.8, 4) is 0 Å². The Hall–Kier alpha value is -0.570. The molecular weight excluding hydrogens is 224 g/mol. The van der Waals surface area contributed by atoms with E-state index in [2.05, 4.69) is 31.4 Å². The van der Waals surface area contributed by atoms with Crippen molar-refractivity contribution in [2.24, 2.45) is 5.41 Å². The summed E-state index contributed by atoms with van der Waals surface area (Å²) in [5.74, 6) is 0.256.